The summed E-state index contributed by atoms with van der Waals surface area (Å²) in [6.07, 6.45) is 4.53. The molecule has 0 radical (unpaired) electrons. The summed E-state index contributed by atoms with van der Waals surface area (Å²) in [4.78, 5) is 31.2. The quantitative estimate of drug-likeness (QED) is 0.293. The molecule has 1 saturated heterocycles. The molecule has 6 nitrogen and oxygen atoms in total. The Morgan fingerprint density at radius 1 is 0.976 bits per heavy atom. The van der Waals surface area contributed by atoms with E-state index in [1.807, 2.05) is 96.8 Å². The smallest absolute Gasteiger partial charge is 0.306 e. The average molecular weight is 584 g/mol. The van der Waals surface area contributed by atoms with Gasteiger partial charge < -0.3 is 9.47 Å². The third kappa shape index (κ3) is 5.13. The molecular weight excluding hydrogens is 546 g/mol. The van der Waals surface area contributed by atoms with Crippen molar-refractivity contribution in [2.45, 2.75) is 67.9 Å². The first-order valence-corrected chi connectivity index (χ1v) is 15.9. The van der Waals surface area contributed by atoms with E-state index in [0.29, 0.717) is 9.80 Å². The minimum absolute atomic E-state index is 0.0295. The van der Waals surface area contributed by atoms with Gasteiger partial charge in [0.05, 0.1) is 47.5 Å². The molecule has 42 heavy (non-hydrogen) atoms. The minimum Gasteiger partial charge on any atom is -0.469 e. The van der Waals surface area contributed by atoms with Gasteiger partial charge in [-0.05, 0) is 55.9 Å². The van der Waals surface area contributed by atoms with E-state index < -0.39 is 34.3 Å². The van der Waals surface area contributed by atoms with Crippen molar-refractivity contribution in [1.29, 1.82) is 0 Å². The van der Waals surface area contributed by atoms with Crippen LogP contribution in [0.3, 0.4) is 0 Å². The Hall–Kier alpha value is -3.55. The van der Waals surface area contributed by atoms with Gasteiger partial charge in [0, 0.05) is 16.7 Å². The van der Waals surface area contributed by atoms with Gasteiger partial charge in [0.1, 0.15) is 5.72 Å². The van der Waals surface area contributed by atoms with Crippen LogP contribution in [0.4, 0.5) is 0 Å². The highest BCUT2D eigenvalue weighted by atomic mass is 32.2. The Bertz CT molecular complexity index is 1500. The molecule has 3 aliphatic rings. The Morgan fingerprint density at radius 2 is 1.62 bits per heavy atom. The number of aryl methyl sites for hydroxylation is 1. The number of hydrogen-bond acceptors (Lipinski definition) is 5. The summed E-state index contributed by atoms with van der Waals surface area (Å²) in [6, 6.07) is 27.3. The number of esters is 1. The highest BCUT2D eigenvalue weighted by Crippen LogP contribution is 2.55. The predicted molar refractivity (Wildman–Crippen MR) is 162 cm³/mol. The zero-order valence-electron chi connectivity index (χ0n) is 24.2. The first-order valence-electron chi connectivity index (χ1n) is 14.8. The number of ether oxygens (including phenoxy) is 2. The van der Waals surface area contributed by atoms with Crippen LogP contribution in [-0.2, 0) is 29.9 Å². The SMILES string of the molecule is COC(=O)C[C@@H](c1ccccc1)[C@H]1C(=O)N2C(=C(S(=O)c3ccc(C)cc3)[C@@H]1c1ccccc1)COC21CCCCC1. The maximum atomic E-state index is 15.1. The lowest BCUT2D eigenvalue weighted by Crippen LogP contribution is -2.55. The maximum Gasteiger partial charge on any atom is 0.306 e. The van der Waals surface area contributed by atoms with Gasteiger partial charge in [0.25, 0.3) is 0 Å². The van der Waals surface area contributed by atoms with Crippen LogP contribution >= 0.6 is 0 Å². The Kier molecular flexibility index (Phi) is 8.15. The molecule has 1 amide bonds. The number of methoxy groups -OCH3 is 1. The summed E-state index contributed by atoms with van der Waals surface area (Å²) in [5.74, 6) is -2.17. The minimum atomic E-state index is -1.57. The van der Waals surface area contributed by atoms with E-state index in [1.54, 1.807) is 0 Å². The molecule has 0 aromatic heterocycles. The van der Waals surface area contributed by atoms with Gasteiger partial charge in [-0.25, -0.2) is 4.21 Å². The summed E-state index contributed by atoms with van der Waals surface area (Å²) < 4.78 is 26.5. The number of benzene rings is 3. The van der Waals surface area contributed by atoms with Crippen LogP contribution in [0.15, 0.2) is 100 Å². The van der Waals surface area contributed by atoms with Crippen molar-refractivity contribution in [2.75, 3.05) is 13.7 Å². The van der Waals surface area contributed by atoms with Crippen LogP contribution in [0.1, 0.15) is 67.1 Å². The normalized spacial score (nSPS) is 23.0. The standard InChI is InChI=1S/C35H37NO5S/c1-24-16-18-27(19-17-24)42(39)33-29-23-41-35(20-10-5-11-21-35)36(29)34(38)32(31(33)26-14-8-4-9-15-26)28(22-30(37)40-2)25-12-6-3-7-13-25/h3-4,6-9,12-19,28,31-32H,5,10-11,20-23H2,1-2H3/t28-,31+,32+,42?/m0/s1. The fraction of sp³-hybridized carbons (Fsp3) is 0.371. The molecule has 7 heteroatoms. The number of hydrogen-bond donors (Lipinski definition) is 0. The zero-order valence-corrected chi connectivity index (χ0v) is 25.0. The summed E-state index contributed by atoms with van der Waals surface area (Å²) in [7, 11) is -0.196. The van der Waals surface area contributed by atoms with E-state index >= 15 is 4.79 Å². The molecule has 1 aliphatic carbocycles. The first kappa shape index (κ1) is 28.6. The van der Waals surface area contributed by atoms with Gasteiger partial charge in [-0.1, -0.05) is 84.8 Å². The van der Waals surface area contributed by atoms with Crippen LogP contribution in [0.2, 0.25) is 0 Å². The lowest BCUT2D eigenvalue weighted by molar-refractivity contribution is -0.160. The van der Waals surface area contributed by atoms with Crippen molar-refractivity contribution >= 4 is 22.7 Å². The van der Waals surface area contributed by atoms with E-state index in [2.05, 4.69) is 0 Å². The summed E-state index contributed by atoms with van der Waals surface area (Å²) in [5.41, 5.74) is 2.83. The Morgan fingerprint density at radius 3 is 2.26 bits per heavy atom. The summed E-state index contributed by atoms with van der Waals surface area (Å²) in [6.45, 7) is 2.25. The number of nitrogens with zero attached hydrogens (tertiary/aromatic N) is 1. The largest absolute Gasteiger partial charge is 0.469 e. The molecule has 0 N–H and O–H groups in total. The third-order valence-corrected chi connectivity index (χ3v) is 10.7. The number of carbonyl (C=O) groups excluding carboxylic acids is 2. The topological polar surface area (TPSA) is 72.9 Å². The third-order valence-electron chi connectivity index (χ3n) is 9.09. The van der Waals surface area contributed by atoms with E-state index in [-0.39, 0.29) is 24.9 Å². The van der Waals surface area contributed by atoms with E-state index in [4.69, 9.17) is 9.47 Å². The van der Waals surface area contributed by atoms with Gasteiger partial charge in [-0.3, -0.25) is 14.5 Å². The number of allylic oxidation sites excluding steroid dienone is 1. The molecule has 218 valence electrons. The van der Waals surface area contributed by atoms with Crippen molar-refractivity contribution in [3.05, 3.63) is 112 Å². The molecule has 3 aromatic carbocycles. The van der Waals surface area contributed by atoms with Gasteiger partial charge in [-0.15, -0.1) is 0 Å². The van der Waals surface area contributed by atoms with Crippen molar-refractivity contribution in [2.24, 2.45) is 5.92 Å². The van der Waals surface area contributed by atoms with Crippen LogP contribution in [0.5, 0.6) is 0 Å². The molecule has 1 saturated carbocycles. The van der Waals surface area contributed by atoms with Crippen molar-refractivity contribution in [1.82, 2.24) is 4.90 Å². The highest BCUT2D eigenvalue weighted by Gasteiger charge is 2.58. The average Bonchev–Trinajstić information content (AvgIpc) is 3.39. The Labute approximate surface area is 250 Å². The van der Waals surface area contributed by atoms with Crippen molar-refractivity contribution in [3.63, 3.8) is 0 Å². The number of rotatable bonds is 7. The van der Waals surface area contributed by atoms with Crippen LogP contribution in [0, 0.1) is 12.8 Å². The molecule has 1 unspecified atom stereocenters. The second-order valence-electron chi connectivity index (χ2n) is 11.6. The number of fused-ring (bicyclic) bond motifs is 2. The molecule has 2 aliphatic heterocycles. The van der Waals surface area contributed by atoms with Crippen LogP contribution in [0.25, 0.3) is 0 Å². The molecule has 2 fully saturated rings. The van der Waals surface area contributed by atoms with Crippen LogP contribution < -0.4 is 0 Å². The van der Waals surface area contributed by atoms with E-state index in [1.165, 1.54) is 7.11 Å². The zero-order chi connectivity index (χ0) is 29.3. The van der Waals surface area contributed by atoms with Gasteiger partial charge in [-0.2, -0.15) is 0 Å². The van der Waals surface area contributed by atoms with E-state index in [9.17, 15) is 9.00 Å². The Balaban J connectivity index is 1.61. The molecular formula is C35H37NO5S. The first-order chi connectivity index (χ1) is 20.4. The highest BCUT2D eigenvalue weighted by molar-refractivity contribution is 7.89. The monoisotopic (exact) mass is 583 g/mol. The van der Waals surface area contributed by atoms with Crippen LogP contribution in [-0.4, -0.2) is 40.4 Å². The van der Waals surface area contributed by atoms with Gasteiger partial charge in [0.15, 0.2) is 0 Å². The summed E-state index contributed by atoms with van der Waals surface area (Å²) >= 11 is 0. The van der Waals surface area contributed by atoms with Crippen molar-refractivity contribution < 1.29 is 23.3 Å². The fourth-order valence-electron chi connectivity index (χ4n) is 7.05. The number of amides is 1. The van der Waals surface area contributed by atoms with Gasteiger partial charge in [0.2, 0.25) is 5.91 Å². The van der Waals surface area contributed by atoms with Gasteiger partial charge >= 0.3 is 5.97 Å². The fourth-order valence-corrected chi connectivity index (χ4v) is 8.56. The molecule has 4 atom stereocenters. The maximum absolute atomic E-state index is 15.1. The molecule has 1 spiro atoms. The molecule has 3 aromatic rings. The molecule has 6 rings (SSSR count). The second-order valence-corrected chi connectivity index (χ2v) is 13.0. The second kappa shape index (κ2) is 12.0. The lowest BCUT2D eigenvalue weighted by atomic mass is 9.70. The lowest BCUT2D eigenvalue weighted by Gasteiger charge is -2.47. The summed E-state index contributed by atoms with van der Waals surface area (Å²) in [5, 5.41) is 0. The molecule has 2 heterocycles. The molecule has 0 bridgehead atoms. The number of carbonyl (C=O) groups is 2. The van der Waals surface area contributed by atoms with Crippen molar-refractivity contribution in [3.8, 4) is 0 Å². The van der Waals surface area contributed by atoms with E-state index in [0.717, 1.165) is 54.5 Å². The predicted octanol–water partition coefficient (Wildman–Crippen LogP) is 6.59.